The van der Waals surface area contributed by atoms with Crippen molar-refractivity contribution in [2.24, 2.45) is 11.7 Å². The predicted octanol–water partition coefficient (Wildman–Crippen LogP) is 2.36. The number of rotatable bonds is 9. The molecule has 200 valence electrons. The first-order valence-electron chi connectivity index (χ1n) is 12.2. The number of nitro benzene ring substituents is 1. The highest BCUT2D eigenvalue weighted by atomic mass is 32.2. The topological polar surface area (TPSA) is 172 Å². The number of hydrogen-bond acceptors (Lipinski definition) is 6. The number of non-ortho nitro benzene ring substituents is 1. The van der Waals surface area contributed by atoms with Crippen LogP contribution < -0.4 is 15.8 Å². The summed E-state index contributed by atoms with van der Waals surface area (Å²) in [6.07, 6.45) is 1.58. The van der Waals surface area contributed by atoms with Gasteiger partial charge < -0.3 is 16.0 Å². The second kappa shape index (κ2) is 11.6. The van der Waals surface area contributed by atoms with Crippen LogP contribution in [0, 0.1) is 21.4 Å². The van der Waals surface area contributed by atoms with Crippen LogP contribution >= 0.6 is 0 Å². The molecule has 2 atom stereocenters. The van der Waals surface area contributed by atoms with Crippen LogP contribution in [-0.4, -0.2) is 55.8 Å². The zero-order valence-corrected chi connectivity index (χ0v) is 21.5. The Morgan fingerprint density at radius 2 is 1.89 bits per heavy atom. The third-order valence-electron chi connectivity index (χ3n) is 6.63. The van der Waals surface area contributed by atoms with Crippen molar-refractivity contribution in [2.75, 3.05) is 19.6 Å². The van der Waals surface area contributed by atoms with Crippen molar-refractivity contribution >= 4 is 38.3 Å². The number of hydrogen-bond donors (Lipinski definition) is 4. The van der Waals surface area contributed by atoms with E-state index in [-0.39, 0.29) is 35.4 Å². The summed E-state index contributed by atoms with van der Waals surface area (Å²) in [5.74, 6) is -0.513. The van der Waals surface area contributed by atoms with Gasteiger partial charge in [-0.2, -0.15) is 4.72 Å². The highest BCUT2D eigenvalue weighted by Crippen LogP contribution is 2.21. The Morgan fingerprint density at radius 3 is 2.63 bits per heavy atom. The van der Waals surface area contributed by atoms with E-state index in [4.69, 9.17) is 11.1 Å². The average Bonchev–Trinajstić information content (AvgIpc) is 2.91. The van der Waals surface area contributed by atoms with Crippen LogP contribution in [0.25, 0.3) is 10.8 Å². The van der Waals surface area contributed by atoms with E-state index in [0.29, 0.717) is 18.7 Å². The molecule has 1 aliphatic heterocycles. The number of amides is 1. The van der Waals surface area contributed by atoms with Crippen LogP contribution in [0.3, 0.4) is 0 Å². The van der Waals surface area contributed by atoms with Crippen LogP contribution in [0.5, 0.6) is 0 Å². The van der Waals surface area contributed by atoms with Gasteiger partial charge in [-0.25, -0.2) is 8.42 Å². The van der Waals surface area contributed by atoms with Crippen LogP contribution in [0.1, 0.15) is 18.4 Å². The zero-order chi connectivity index (χ0) is 27.3. The zero-order valence-electron chi connectivity index (χ0n) is 20.7. The van der Waals surface area contributed by atoms with E-state index in [1.807, 2.05) is 18.2 Å². The third kappa shape index (κ3) is 6.64. The lowest BCUT2D eigenvalue weighted by atomic mass is 9.98. The Morgan fingerprint density at radius 1 is 1.13 bits per heavy atom. The quantitative estimate of drug-likeness (QED) is 0.140. The summed E-state index contributed by atoms with van der Waals surface area (Å²) in [6.45, 7) is 1.49. The number of carbonyl (C=O) groups excluding carboxylic acids is 1. The number of sulfonamides is 1. The number of carbonyl (C=O) groups is 1. The molecule has 38 heavy (non-hydrogen) atoms. The number of likely N-dealkylation sites (tertiary alicyclic amines) is 1. The molecule has 4 rings (SSSR count). The summed E-state index contributed by atoms with van der Waals surface area (Å²) in [5.41, 5.74) is 5.91. The first-order chi connectivity index (χ1) is 18.1. The van der Waals surface area contributed by atoms with Gasteiger partial charge in [0.25, 0.3) is 5.69 Å². The molecule has 5 N–H and O–H groups in total. The van der Waals surface area contributed by atoms with Crippen molar-refractivity contribution < 1.29 is 18.1 Å². The molecule has 3 aromatic rings. The van der Waals surface area contributed by atoms with E-state index in [1.54, 1.807) is 29.2 Å². The molecule has 1 saturated heterocycles. The fourth-order valence-corrected chi connectivity index (χ4v) is 5.86. The minimum Gasteiger partial charge on any atom is -0.370 e. The Balaban J connectivity index is 1.55. The lowest BCUT2D eigenvalue weighted by molar-refractivity contribution is -0.384. The van der Waals surface area contributed by atoms with Gasteiger partial charge >= 0.3 is 0 Å². The molecular formula is C26H30N6O5S. The summed E-state index contributed by atoms with van der Waals surface area (Å²) in [6, 6.07) is 16.6. The van der Waals surface area contributed by atoms with Gasteiger partial charge in [-0.15, -0.1) is 0 Å². The maximum Gasteiger partial charge on any atom is 0.269 e. The second-order valence-electron chi connectivity index (χ2n) is 9.40. The molecule has 0 radical (unpaired) electrons. The molecule has 0 bridgehead atoms. The number of piperidine rings is 1. The van der Waals surface area contributed by atoms with Gasteiger partial charge in [0.2, 0.25) is 15.9 Å². The lowest BCUT2D eigenvalue weighted by Gasteiger charge is -2.33. The molecule has 11 nitrogen and oxygen atoms in total. The monoisotopic (exact) mass is 538 g/mol. The number of nitrogens with two attached hydrogens (primary N) is 1. The Bertz CT molecular complexity index is 1460. The molecule has 12 heteroatoms. The molecule has 0 saturated carbocycles. The lowest BCUT2D eigenvalue weighted by Crippen LogP contribution is -2.51. The fourth-order valence-electron chi connectivity index (χ4n) is 4.63. The van der Waals surface area contributed by atoms with Crippen molar-refractivity contribution in [3.63, 3.8) is 0 Å². The van der Waals surface area contributed by atoms with Crippen LogP contribution in [-0.2, 0) is 21.2 Å². The van der Waals surface area contributed by atoms with Crippen molar-refractivity contribution in [3.05, 3.63) is 82.4 Å². The van der Waals surface area contributed by atoms with Crippen molar-refractivity contribution in [3.8, 4) is 0 Å². The Hall–Kier alpha value is -4.03. The maximum absolute atomic E-state index is 13.3. The summed E-state index contributed by atoms with van der Waals surface area (Å²) < 4.78 is 29.2. The van der Waals surface area contributed by atoms with Gasteiger partial charge in [0.1, 0.15) is 6.04 Å². The van der Waals surface area contributed by atoms with Crippen LogP contribution in [0.4, 0.5) is 5.69 Å². The van der Waals surface area contributed by atoms with Gasteiger partial charge in [-0.1, -0.05) is 42.5 Å². The second-order valence-corrected chi connectivity index (χ2v) is 11.1. The molecule has 0 aliphatic carbocycles. The first-order valence-corrected chi connectivity index (χ1v) is 13.7. The smallest absolute Gasteiger partial charge is 0.269 e. The minimum atomic E-state index is -4.10. The number of guanidine groups is 1. The normalized spacial score (nSPS) is 16.6. The highest BCUT2D eigenvalue weighted by Gasteiger charge is 2.28. The third-order valence-corrected chi connectivity index (χ3v) is 8.10. The first kappa shape index (κ1) is 27.0. The van der Waals surface area contributed by atoms with E-state index < -0.39 is 26.9 Å². The molecule has 0 aromatic heterocycles. The number of nitrogens with zero attached hydrogens (tertiary/aromatic N) is 2. The summed E-state index contributed by atoms with van der Waals surface area (Å²) >= 11 is 0. The summed E-state index contributed by atoms with van der Waals surface area (Å²) in [4.78, 5) is 25.7. The van der Waals surface area contributed by atoms with Crippen molar-refractivity contribution in [1.82, 2.24) is 14.9 Å². The molecule has 0 spiro atoms. The largest absolute Gasteiger partial charge is 0.370 e. The Labute approximate surface area is 220 Å². The van der Waals surface area contributed by atoms with Gasteiger partial charge in [0.05, 0.1) is 9.82 Å². The molecule has 0 unspecified atom stereocenters. The van der Waals surface area contributed by atoms with Crippen LogP contribution in [0.2, 0.25) is 0 Å². The van der Waals surface area contributed by atoms with E-state index in [2.05, 4.69) is 10.0 Å². The molecule has 1 aliphatic rings. The number of benzene rings is 3. The SMILES string of the molecule is N=C(N)N1CCC[C@H](CNC(=O)[C@H](Cc2cccc([N+](=O)[O-])c2)NS(=O)(=O)c2ccc3ccccc3c2)C1. The van der Waals surface area contributed by atoms with Crippen molar-refractivity contribution in [1.29, 1.82) is 5.41 Å². The molecule has 1 amide bonds. The van der Waals surface area contributed by atoms with E-state index >= 15 is 0 Å². The van der Waals surface area contributed by atoms with Gasteiger partial charge in [-0.3, -0.25) is 20.3 Å². The average molecular weight is 539 g/mol. The number of fused-ring (bicyclic) bond motifs is 1. The number of nitro groups is 1. The van der Waals surface area contributed by atoms with Crippen molar-refractivity contribution in [2.45, 2.75) is 30.2 Å². The van der Waals surface area contributed by atoms with Gasteiger partial charge in [0, 0.05) is 31.8 Å². The van der Waals surface area contributed by atoms with Gasteiger partial charge in [0.15, 0.2) is 5.96 Å². The van der Waals surface area contributed by atoms with E-state index in [1.165, 1.54) is 24.3 Å². The standard InChI is InChI=1S/C26H30N6O5S/c27-26(28)31-12-4-6-19(17-31)16-29-25(33)24(14-18-5-3-9-22(13-18)32(34)35)30-38(36,37)23-11-10-20-7-1-2-8-21(20)15-23/h1-3,5,7-11,13,15,19,24,30H,4,6,12,14,16-17H2,(H3,27,28)(H,29,33)/t19-,24+/m1/s1. The highest BCUT2D eigenvalue weighted by molar-refractivity contribution is 7.89. The predicted molar refractivity (Wildman–Crippen MR) is 144 cm³/mol. The van der Waals surface area contributed by atoms with E-state index in [9.17, 15) is 23.3 Å². The molecular weight excluding hydrogens is 508 g/mol. The number of nitrogens with one attached hydrogen (secondary N) is 3. The summed E-state index contributed by atoms with van der Waals surface area (Å²) in [5, 5.41) is 23.3. The molecule has 3 aromatic carbocycles. The Kier molecular flexibility index (Phi) is 8.23. The molecule has 1 heterocycles. The minimum absolute atomic E-state index is 0.0115. The van der Waals surface area contributed by atoms with E-state index in [0.717, 1.165) is 23.6 Å². The maximum atomic E-state index is 13.3. The molecule has 1 fully saturated rings. The fraction of sp³-hybridized carbons (Fsp3) is 0.308. The van der Waals surface area contributed by atoms with Gasteiger partial charge in [-0.05, 0) is 53.6 Å². The van der Waals surface area contributed by atoms with Crippen LogP contribution in [0.15, 0.2) is 71.6 Å². The summed E-state index contributed by atoms with van der Waals surface area (Å²) in [7, 11) is -4.10.